The van der Waals surface area contributed by atoms with Crippen LogP contribution in [0.1, 0.15) is 34.1 Å². The first kappa shape index (κ1) is 10.5. The van der Waals surface area contributed by atoms with Crippen molar-refractivity contribution in [2.75, 3.05) is 0 Å². The summed E-state index contributed by atoms with van der Waals surface area (Å²) in [5, 5.41) is 8.62. The highest BCUT2D eigenvalue weighted by Crippen LogP contribution is 2.69. The first-order valence-electron chi connectivity index (χ1n) is 4.68. The number of carboxylic acid groups (broad SMARTS) is 1. The van der Waals surface area contributed by atoms with Gasteiger partial charge in [-0.2, -0.15) is 0 Å². The van der Waals surface area contributed by atoms with Crippen LogP contribution in [0.15, 0.2) is 0 Å². The molecular weight excluding hydrogens is 166 g/mol. The highest BCUT2D eigenvalue weighted by Gasteiger charge is 2.66. The van der Waals surface area contributed by atoms with Crippen LogP contribution in [0, 0.1) is 16.7 Å². The zero-order valence-electron chi connectivity index (χ0n) is 8.79. The second-order valence-corrected chi connectivity index (χ2v) is 5.18. The molecule has 1 aliphatic rings. The molecule has 0 aliphatic heterocycles. The molecule has 0 heterocycles. The second kappa shape index (κ2) is 2.71. The molecule has 0 aromatic rings. The van der Waals surface area contributed by atoms with Crippen molar-refractivity contribution < 1.29 is 9.90 Å². The van der Waals surface area contributed by atoms with Crippen LogP contribution in [-0.2, 0) is 4.79 Å². The molecule has 3 heteroatoms. The standard InChI is InChI=1S/C10H19NO2/c1-9(2)8(10(9,3)4)6(11)5-7(12)13/h6,8H,5,11H2,1-4H3,(H,12,13). The summed E-state index contributed by atoms with van der Waals surface area (Å²) in [6.45, 7) is 8.61. The SMILES string of the molecule is CC1(C)C(C(N)CC(=O)O)C1(C)C. The van der Waals surface area contributed by atoms with Crippen LogP contribution in [0.2, 0.25) is 0 Å². The highest BCUT2D eigenvalue weighted by atomic mass is 16.4. The molecule has 0 amide bonds. The number of hydrogen-bond acceptors (Lipinski definition) is 2. The van der Waals surface area contributed by atoms with Crippen molar-refractivity contribution in [1.82, 2.24) is 0 Å². The molecule has 1 rings (SSSR count). The summed E-state index contributed by atoms with van der Waals surface area (Å²) in [5.74, 6) is -0.470. The van der Waals surface area contributed by atoms with Crippen molar-refractivity contribution >= 4 is 5.97 Å². The van der Waals surface area contributed by atoms with Crippen molar-refractivity contribution in [2.45, 2.75) is 40.2 Å². The molecule has 1 fully saturated rings. The molecule has 0 aromatic heterocycles. The van der Waals surface area contributed by atoms with E-state index in [4.69, 9.17) is 10.8 Å². The maximum absolute atomic E-state index is 10.5. The maximum Gasteiger partial charge on any atom is 0.304 e. The quantitative estimate of drug-likeness (QED) is 0.699. The predicted octanol–water partition coefficient (Wildman–Crippen LogP) is 1.47. The molecule has 1 saturated carbocycles. The van der Waals surface area contributed by atoms with Gasteiger partial charge in [-0.3, -0.25) is 4.79 Å². The number of nitrogens with two attached hydrogens (primary N) is 1. The third-order valence-corrected chi connectivity index (χ3v) is 3.97. The fraction of sp³-hybridized carbons (Fsp3) is 0.900. The summed E-state index contributed by atoms with van der Waals surface area (Å²) in [4.78, 5) is 10.5. The summed E-state index contributed by atoms with van der Waals surface area (Å²) in [7, 11) is 0. The second-order valence-electron chi connectivity index (χ2n) is 5.18. The Morgan fingerprint density at radius 2 is 1.77 bits per heavy atom. The van der Waals surface area contributed by atoms with E-state index >= 15 is 0 Å². The number of aliphatic carboxylic acids is 1. The molecule has 3 N–H and O–H groups in total. The molecule has 3 nitrogen and oxygen atoms in total. The lowest BCUT2D eigenvalue weighted by Crippen LogP contribution is -2.28. The van der Waals surface area contributed by atoms with Crippen LogP contribution in [0.3, 0.4) is 0 Å². The van der Waals surface area contributed by atoms with Crippen LogP contribution in [0.5, 0.6) is 0 Å². The van der Waals surface area contributed by atoms with Crippen molar-refractivity contribution in [3.05, 3.63) is 0 Å². The van der Waals surface area contributed by atoms with E-state index in [1.54, 1.807) is 0 Å². The first-order chi connectivity index (χ1) is 5.71. The van der Waals surface area contributed by atoms with Crippen LogP contribution in [0.4, 0.5) is 0 Å². The normalized spacial score (nSPS) is 26.8. The summed E-state index contributed by atoms with van der Waals surface area (Å²) < 4.78 is 0. The Morgan fingerprint density at radius 1 is 1.38 bits per heavy atom. The molecule has 1 atom stereocenters. The van der Waals surface area contributed by atoms with Gasteiger partial charge in [0, 0.05) is 6.04 Å². The third-order valence-electron chi connectivity index (χ3n) is 3.97. The maximum atomic E-state index is 10.5. The largest absolute Gasteiger partial charge is 0.481 e. The van der Waals surface area contributed by atoms with E-state index in [1.165, 1.54) is 0 Å². The molecular formula is C10H19NO2. The zero-order chi connectivity index (χ0) is 10.4. The van der Waals surface area contributed by atoms with Gasteiger partial charge in [0.05, 0.1) is 6.42 Å². The molecule has 0 saturated heterocycles. The smallest absolute Gasteiger partial charge is 0.304 e. The average molecular weight is 185 g/mol. The minimum absolute atomic E-state index is 0.0809. The Hall–Kier alpha value is -0.570. The molecule has 0 spiro atoms. The van der Waals surface area contributed by atoms with Crippen LogP contribution in [0.25, 0.3) is 0 Å². The lowest BCUT2D eigenvalue weighted by molar-refractivity contribution is -0.137. The number of carbonyl (C=O) groups is 1. The summed E-state index contributed by atoms with van der Waals surface area (Å²) in [6.07, 6.45) is 0.0809. The van der Waals surface area contributed by atoms with E-state index in [0.29, 0.717) is 5.92 Å². The van der Waals surface area contributed by atoms with Crippen LogP contribution in [-0.4, -0.2) is 17.1 Å². The van der Waals surface area contributed by atoms with Crippen molar-refractivity contribution in [1.29, 1.82) is 0 Å². The van der Waals surface area contributed by atoms with Gasteiger partial charge in [0.15, 0.2) is 0 Å². The van der Waals surface area contributed by atoms with Gasteiger partial charge < -0.3 is 10.8 Å². The van der Waals surface area contributed by atoms with Gasteiger partial charge >= 0.3 is 5.97 Å². The Balaban J connectivity index is 2.62. The van der Waals surface area contributed by atoms with Gasteiger partial charge in [0.2, 0.25) is 0 Å². The topological polar surface area (TPSA) is 63.3 Å². The van der Waals surface area contributed by atoms with E-state index in [2.05, 4.69) is 27.7 Å². The molecule has 13 heavy (non-hydrogen) atoms. The molecule has 76 valence electrons. The summed E-state index contributed by atoms with van der Waals surface area (Å²) in [5.41, 5.74) is 6.22. The molecule has 1 unspecified atom stereocenters. The Labute approximate surface area is 79.3 Å². The van der Waals surface area contributed by atoms with Gasteiger partial charge in [-0.25, -0.2) is 0 Å². The predicted molar refractivity (Wildman–Crippen MR) is 51.3 cm³/mol. The zero-order valence-corrected chi connectivity index (χ0v) is 8.79. The number of rotatable bonds is 3. The Morgan fingerprint density at radius 3 is 2.00 bits per heavy atom. The third kappa shape index (κ3) is 1.46. The van der Waals surface area contributed by atoms with Crippen molar-refractivity contribution in [2.24, 2.45) is 22.5 Å². The molecule has 0 radical (unpaired) electrons. The van der Waals surface area contributed by atoms with Gasteiger partial charge in [0.25, 0.3) is 0 Å². The summed E-state index contributed by atoms with van der Waals surface area (Å²) >= 11 is 0. The van der Waals surface area contributed by atoms with Crippen molar-refractivity contribution in [3.63, 3.8) is 0 Å². The van der Waals surface area contributed by atoms with Crippen LogP contribution >= 0.6 is 0 Å². The first-order valence-corrected chi connectivity index (χ1v) is 4.68. The molecule has 1 aliphatic carbocycles. The monoisotopic (exact) mass is 185 g/mol. The van der Waals surface area contributed by atoms with Gasteiger partial charge in [-0.15, -0.1) is 0 Å². The van der Waals surface area contributed by atoms with Gasteiger partial charge in [-0.1, -0.05) is 27.7 Å². The number of hydrogen-bond donors (Lipinski definition) is 2. The minimum atomic E-state index is -0.800. The fourth-order valence-electron chi connectivity index (χ4n) is 2.64. The number of carboxylic acids is 1. The molecule has 0 aromatic carbocycles. The summed E-state index contributed by atoms with van der Waals surface area (Å²) in [6, 6.07) is -0.206. The van der Waals surface area contributed by atoms with E-state index < -0.39 is 5.97 Å². The van der Waals surface area contributed by atoms with Crippen LogP contribution < -0.4 is 5.73 Å². The van der Waals surface area contributed by atoms with Gasteiger partial charge in [0.1, 0.15) is 0 Å². The Kier molecular flexibility index (Phi) is 2.19. The van der Waals surface area contributed by atoms with E-state index in [0.717, 1.165) is 0 Å². The molecule has 0 bridgehead atoms. The van der Waals surface area contributed by atoms with E-state index in [-0.39, 0.29) is 23.3 Å². The van der Waals surface area contributed by atoms with E-state index in [9.17, 15) is 4.79 Å². The van der Waals surface area contributed by atoms with Gasteiger partial charge in [-0.05, 0) is 16.7 Å². The van der Waals surface area contributed by atoms with Crippen molar-refractivity contribution in [3.8, 4) is 0 Å². The average Bonchev–Trinajstić information content (AvgIpc) is 2.20. The highest BCUT2D eigenvalue weighted by molar-refractivity contribution is 5.67. The Bertz CT molecular complexity index is 219. The van der Waals surface area contributed by atoms with E-state index in [1.807, 2.05) is 0 Å². The lowest BCUT2D eigenvalue weighted by atomic mass is 10.0. The lowest BCUT2D eigenvalue weighted by Gasteiger charge is -2.10. The minimum Gasteiger partial charge on any atom is -0.481 e. The fourth-order valence-corrected chi connectivity index (χ4v) is 2.64.